The zero-order chi connectivity index (χ0) is 18.9. The van der Waals surface area contributed by atoms with Gasteiger partial charge in [0.1, 0.15) is 23.4 Å². The van der Waals surface area contributed by atoms with Gasteiger partial charge in [0.2, 0.25) is 0 Å². The lowest BCUT2D eigenvalue weighted by molar-refractivity contribution is -0.118. The van der Waals surface area contributed by atoms with Crippen molar-refractivity contribution in [3.8, 4) is 0 Å². The van der Waals surface area contributed by atoms with E-state index >= 15 is 0 Å². The number of hydrogen-bond acceptors (Lipinski definition) is 6. The van der Waals surface area contributed by atoms with Gasteiger partial charge in [-0.25, -0.2) is 4.79 Å². The lowest BCUT2D eigenvalue weighted by Gasteiger charge is -2.42. The molecule has 6 atom stereocenters. The molecular formula is C19H34N2O5. The molecule has 2 aliphatic heterocycles. The van der Waals surface area contributed by atoms with Crippen LogP contribution in [-0.2, 0) is 18.9 Å². The Kier molecular flexibility index (Phi) is 5.82. The molecule has 0 aromatic heterocycles. The van der Waals surface area contributed by atoms with E-state index in [9.17, 15) is 4.79 Å². The summed E-state index contributed by atoms with van der Waals surface area (Å²) in [6.45, 7) is 8.14. The summed E-state index contributed by atoms with van der Waals surface area (Å²) >= 11 is 0. The smallest absolute Gasteiger partial charge is 0.407 e. The van der Waals surface area contributed by atoms with Crippen LogP contribution in [0.2, 0.25) is 0 Å². The molecule has 3 unspecified atom stereocenters. The zero-order valence-corrected chi connectivity index (χ0v) is 16.5. The molecule has 7 nitrogen and oxygen atoms in total. The van der Waals surface area contributed by atoms with Gasteiger partial charge in [-0.1, -0.05) is 13.8 Å². The van der Waals surface area contributed by atoms with E-state index in [2.05, 4.69) is 26.1 Å². The molecule has 0 aromatic carbocycles. The maximum Gasteiger partial charge on any atom is 0.407 e. The summed E-state index contributed by atoms with van der Waals surface area (Å²) in [5, 5.41) is 2.67. The molecule has 3 fully saturated rings. The van der Waals surface area contributed by atoms with E-state index in [1.165, 1.54) is 0 Å². The zero-order valence-electron chi connectivity index (χ0n) is 16.5. The molecule has 2 heterocycles. The predicted molar refractivity (Wildman–Crippen MR) is 96.9 cm³/mol. The molecule has 0 aromatic rings. The number of methoxy groups -OCH3 is 1. The van der Waals surface area contributed by atoms with E-state index < -0.39 is 6.09 Å². The first-order valence-electron chi connectivity index (χ1n) is 9.85. The fraction of sp³-hybridized carbons (Fsp3) is 0.947. The van der Waals surface area contributed by atoms with Crippen LogP contribution in [0, 0.1) is 11.8 Å². The monoisotopic (exact) mass is 370 g/mol. The first-order chi connectivity index (χ1) is 12.4. The topological polar surface area (TPSA) is 98.6 Å². The van der Waals surface area contributed by atoms with Gasteiger partial charge in [-0.15, -0.1) is 0 Å². The second-order valence-corrected chi connectivity index (χ2v) is 8.49. The highest BCUT2D eigenvalue weighted by atomic mass is 16.6. The molecule has 3 rings (SSSR count). The van der Waals surface area contributed by atoms with E-state index in [0.29, 0.717) is 19.0 Å². The van der Waals surface area contributed by atoms with Gasteiger partial charge in [-0.3, -0.25) is 0 Å². The summed E-state index contributed by atoms with van der Waals surface area (Å²) < 4.78 is 23.6. The van der Waals surface area contributed by atoms with Crippen LogP contribution in [0.15, 0.2) is 0 Å². The molecular weight excluding hydrogens is 336 g/mol. The van der Waals surface area contributed by atoms with Crippen molar-refractivity contribution in [3.63, 3.8) is 0 Å². The van der Waals surface area contributed by atoms with E-state index in [-0.39, 0.29) is 35.4 Å². The summed E-state index contributed by atoms with van der Waals surface area (Å²) in [5.74, 6) is 0.722. The number of alkyl carbamates (subject to hydrolysis) is 1. The Morgan fingerprint density at radius 3 is 2.73 bits per heavy atom. The lowest BCUT2D eigenvalue weighted by Crippen LogP contribution is -2.56. The SMILES string of the molecule is COC1C(OC(=O)NCCN)CC[C@]2(CO2)C1[C@@]1(C)O[C@@H]1CCC(C)C. The van der Waals surface area contributed by atoms with Crippen LogP contribution in [0.1, 0.15) is 46.5 Å². The predicted octanol–water partition coefficient (Wildman–Crippen LogP) is 1.83. The molecule has 1 amide bonds. The Hall–Kier alpha value is -0.890. The molecule has 0 bridgehead atoms. The Morgan fingerprint density at radius 1 is 1.42 bits per heavy atom. The van der Waals surface area contributed by atoms with Gasteiger partial charge in [-0.05, 0) is 38.5 Å². The van der Waals surface area contributed by atoms with Crippen molar-refractivity contribution in [2.45, 2.75) is 76.0 Å². The summed E-state index contributed by atoms with van der Waals surface area (Å²) in [7, 11) is 1.68. The number of carbonyl (C=O) groups excluding carboxylic acids is 1. The van der Waals surface area contributed by atoms with E-state index in [1.807, 2.05) is 0 Å². The number of rotatable bonds is 8. The first kappa shape index (κ1) is 19.9. The molecule has 3 N–H and O–H groups in total. The molecule has 3 aliphatic rings. The Morgan fingerprint density at radius 2 is 2.15 bits per heavy atom. The van der Waals surface area contributed by atoms with Crippen molar-refractivity contribution < 1.29 is 23.7 Å². The number of hydrogen-bond donors (Lipinski definition) is 2. The van der Waals surface area contributed by atoms with Crippen LogP contribution in [0.25, 0.3) is 0 Å². The second kappa shape index (κ2) is 7.62. The standard InChI is InChI=1S/C19H34N2O5/c1-12(2)5-6-14-18(3,26-14)16-15(23-4)13(7-8-19(16)11-24-19)25-17(22)21-10-9-20/h12-16H,5-11,20H2,1-4H3,(H,21,22)/t13?,14-,15?,16?,18+,19+/m1/s1. The van der Waals surface area contributed by atoms with E-state index in [0.717, 1.165) is 32.3 Å². The quantitative estimate of drug-likeness (QED) is 0.633. The van der Waals surface area contributed by atoms with Crippen molar-refractivity contribution in [1.82, 2.24) is 5.32 Å². The van der Waals surface area contributed by atoms with Gasteiger partial charge in [0.15, 0.2) is 0 Å². The minimum atomic E-state index is -0.438. The Bertz CT molecular complexity index is 510. The number of carbonyl (C=O) groups is 1. The molecule has 2 saturated heterocycles. The van der Waals surface area contributed by atoms with Crippen molar-refractivity contribution in [1.29, 1.82) is 0 Å². The van der Waals surface area contributed by atoms with Crippen LogP contribution in [-0.4, -0.2) is 62.4 Å². The molecule has 0 radical (unpaired) electrons. The highest BCUT2D eigenvalue weighted by molar-refractivity contribution is 5.67. The fourth-order valence-electron chi connectivity index (χ4n) is 4.63. The van der Waals surface area contributed by atoms with E-state index in [1.54, 1.807) is 7.11 Å². The summed E-state index contributed by atoms with van der Waals surface area (Å²) in [4.78, 5) is 12.0. The molecule has 1 spiro atoms. The highest BCUT2D eigenvalue weighted by Gasteiger charge is 2.72. The summed E-state index contributed by atoms with van der Waals surface area (Å²) in [6.07, 6.45) is 3.03. The maximum absolute atomic E-state index is 12.0. The third kappa shape index (κ3) is 3.86. The minimum absolute atomic E-state index is 0.0678. The maximum atomic E-state index is 12.0. The average Bonchev–Trinajstić information content (AvgIpc) is 3.50. The normalized spacial score (nSPS) is 41.3. The summed E-state index contributed by atoms with van der Waals surface area (Å²) in [6, 6.07) is 0. The van der Waals surface area contributed by atoms with Gasteiger partial charge in [-0.2, -0.15) is 0 Å². The van der Waals surface area contributed by atoms with Crippen LogP contribution in [0.4, 0.5) is 4.79 Å². The highest BCUT2D eigenvalue weighted by Crippen LogP contribution is 2.59. The van der Waals surface area contributed by atoms with Crippen molar-refractivity contribution >= 4 is 6.09 Å². The average molecular weight is 370 g/mol. The van der Waals surface area contributed by atoms with E-state index in [4.69, 9.17) is 24.7 Å². The molecule has 1 aliphatic carbocycles. The van der Waals surface area contributed by atoms with Crippen LogP contribution < -0.4 is 11.1 Å². The van der Waals surface area contributed by atoms with Gasteiger partial charge in [0.05, 0.1) is 18.6 Å². The Labute approximate surface area is 156 Å². The van der Waals surface area contributed by atoms with Gasteiger partial charge >= 0.3 is 6.09 Å². The third-order valence-corrected chi connectivity index (χ3v) is 6.18. The largest absolute Gasteiger partial charge is 0.443 e. The van der Waals surface area contributed by atoms with Crippen LogP contribution >= 0.6 is 0 Å². The van der Waals surface area contributed by atoms with Crippen molar-refractivity contribution in [2.24, 2.45) is 17.6 Å². The molecule has 26 heavy (non-hydrogen) atoms. The molecule has 1 saturated carbocycles. The van der Waals surface area contributed by atoms with Gasteiger partial charge < -0.3 is 30.0 Å². The van der Waals surface area contributed by atoms with Gasteiger partial charge in [0.25, 0.3) is 0 Å². The Balaban J connectivity index is 1.69. The number of epoxide rings is 2. The molecule has 7 heteroatoms. The second-order valence-electron chi connectivity index (χ2n) is 8.49. The fourth-order valence-corrected chi connectivity index (χ4v) is 4.63. The number of ether oxygens (including phenoxy) is 4. The number of nitrogens with one attached hydrogen (secondary N) is 1. The first-order valence-corrected chi connectivity index (χ1v) is 9.85. The summed E-state index contributed by atoms with van der Waals surface area (Å²) in [5.41, 5.74) is 4.97. The lowest BCUT2D eigenvalue weighted by atomic mass is 9.68. The number of nitrogens with two attached hydrogens (primary N) is 1. The minimum Gasteiger partial charge on any atom is -0.443 e. The van der Waals surface area contributed by atoms with Crippen molar-refractivity contribution in [3.05, 3.63) is 0 Å². The van der Waals surface area contributed by atoms with Crippen molar-refractivity contribution in [2.75, 3.05) is 26.8 Å². The van der Waals surface area contributed by atoms with Crippen LogP contribution in [0.5, 0.6) is 0 Å². The van der Waals surface area contributed by atoms with Gasteiger partial charge in [0, 0.05) is 20.2 Å². The third-order valence-electron chi connectivity index (χ3n) is 6.18. The van der Waals surface area contributed by atoms with Crippen LogP contribution in [0.3, 0.4) is 0 Å². The molecule has 150 valence electrons. The number of amides is 1.